The van der Waals surface area contributed by atoms with Crippen LogP contribution in [-0.4, -0.2) is 24.5 Å². The van der Waals surface area contributed by atoms with Crippen LogP contribution in [0.1, 0.15) is 10.5 Å². The van der Waals surface area contributed by atoms with E-state index in [1.807, 2.05) is 0 Å². The minimum absolute atomic E-state index is 0.214. The first-order valence-electron chi connectivity index (χ1n) is 2.78. The molecule has 1 aromatic rings. The molecule has 0 amide bonds. The van der Waals surface area contributed by atoms with E-state index in [4.69, 9.17) is 15.8 Å². The Hall–Kier alpha value is -1.01. The quantitative estimate of drug-likeness (QED) is 0.700. The second-order valence-electron chi connectivity index (χ2n) is 1.98. The normalized spacial score (nSPS) is 11.4. The van der Waals surface area contributed by atoms with Crippen molar-refractivity contribution < 1.29 is 18.3 Å². The Labute approximate surface area is 72.4 Å². The van der Waals surface area contributed by atoms with Gasteiger partial charge in [-0.2, -0.15) is 0 Å². The van der Waals surface area contributed by atoms with E-state index in [-0.39, 0.29) is 10.7 Å². The number of rotatable bonds is 2. The summed E-state index contributed by atoms with van der Waals surface area (Å²) in [7, 11) is 1.06. The molecule has 1 rings (SSSR count). The Morgan fingerprint density at radius 1 is 1.50 bits per heavy atom. The summed E-state index contributed by atoms with van der Waals surface area (Å²) in [6, 6.07) is 2.21. The van der Waals surface area contributed by atoms with E-state index >= 15 is 0 Å². The topological polar surface area (TPSA) is 87.2 Å². The number of carboxylic acid groups (broad SMARTS) is 1. The van der Waals surface area contributed by atoms with Crippen molar-refractivity contribution in [3.8, 4) is 0 Å². The molecule has 0 radical (unpaired) electrons. The van der Waals surface area contributed by atoms with E-state index in [1.54, 1.807) is 0 Å². The van der Waals surface area contributed by atoms with Crippen LogP contribution >= 0.6 is 10.7 Å². The fourth-order valence-electron chi connectivity index (χ4n) is 0.642. The number of halogens is 1. The summed E-state index contributed by atoms with van der Waals surface area (Å²) in [5.74, 6) is -1.23. The molecule has 0 fully saturated rings. The van der Waals surface area contributed by atoms with Gasteiger partial charge in [-0.3, -0.25) is 0 Å². The Morgan fingerprint density at radius 2 is 2.08 bits per heavy atom. The molecule has 2 N–H and O–H groups in total. The number of carbonyl (C=O) groups is 1. The fourth-order valence-corrected chi connectivity index (χ4v) is 1.37. The van der Waals surface area contributed by atoms with E-state index < -0.39 is 15.0 Å². The zero-order valence-corrected chi connectivity index (χ0v) is 7.19. The van der Waals surface area contributed by atoms with Gasteiger partial charge in [0.2, 0.25) is 0 Å². The molecule has 0 aliphatic carbocycles. The number of nitrogens with one attached hydrogen (secondary N) is 1. The van der Waals surface area contributed by atoms with Crippen LogP contribution in [0.2, 0.25) is 0 Å². The van der Waals surface area contributed by atoms with Gasteiger partial charge in [0.25, 0.3) is 9.05 Å². The summed E-state index contributed by atoms with van der Waals surface area (Å²) in [5, 5.41) is 8.08. The summed E-state index contributed by atoms with van der Waals surface area (Å²) in [5.41, 5.74) is -0.214. The standard InChI is InChI=1S/C5H4ClNO4S/c6-12(10,11)4-2-1-3(7-4)5(8)9/h1-2,7H,(H,8,9). The number of aromatic amines is 1. The van der Waals surface area contributed by atoms with E-state index in [1.165, 1.54) is 0 Å². The molecule has 66 valence electrons. The van der Waals surface area contributed by atoms with Crippen molar-refractivity contribution in [3.63, 3.8) is 0 Å². The summed E-state index contributed by atoms with van der Waals surface area (Å²) >= 11 is 0. The Morgan fingerprint density at radius 3 is 2.33 bits per heavy atom. The van der Waals surface area contributed by atoms with Crippen LogP contribution in [0.4, 0.5) is 0 Å². The Balaban J connectivity index is 3.17. The second-order valence-corrected chi connectivity index (χ2v) is 4.51. The van der Waals surface area contributed by atoms with Gasteiger partial charge in [-0.1, -0.05) is 0 Å². The van der Waals surface area contributed by atoms with Gasteiger partial charge >= 0.3 is 5.97 Å². The maximum absolute atomic E-state index is 10.6. The van der Waals surface area contributed by atoms with Gasteiger partial charge in [0.15, 0.2) is 0 Å². The molecule has 0 aromatic carbocycles. The molecule has 0 aliphatic rings. The summed E-state index contributed by atoms with van der Waals surface area (Å²) in [6.07, 6.45) is 0. The minimum atomic E-state index is -3.86. The highest BCUT2D eigenvalue weighted by Gasteiger charge is 2.14. The average Bonchev–Trinajstić information content (AvgIpc) is 2.30. The van der Waals surface area contributed by atoms with Crippen LogP contribution in [-0.2, 0) is 9.05 Å². The first kappa shape index (κ1) is 9.08. The number of aromatic carboxylic acids is 1. The maximum atomic E-state index is 10.6. The number of aromatic nitrogens is 1. The van der Waals surface area contributed by atoms with Gasteiger partial charge in [-0.15, -0.1) is 0 Å². The predicted molar refractivity (Wildman–Crippen MR) is 40.8 cm³/mol. The zero-order valence-electron chi connectivity index (χ0n) is 5.61. The fraction of sp³-hybridized carbons (Fsp3) is 0. The van der Waals surface area contributed by atoms with Crippen molar-refractivity contribution in [1.82, 2.24) is 4.98 Å². The molecule has 0 spiro atoms. The third kappa shape index (κ3) is 1.77. The largest absolute Gasteiger partial charge is 0.477 e. The Bertz CT molecular complexity index is 407. The minimum Gasteiger partial charge on any atom is -0.477 e. The molecule has 0 bridgehead atoms. The van der Waals surface area contributed by atoms with Gasteiger partial charge in [0.05, 0.1) is 0 Å². The number of hydrogen-bond donors (Lipinski definition) is 2. The third-order valence-electron chi connectivity index (χ3n) is 1.15. The van der Waals surface area contributed by atoms with Crippen LogP contribution in [0.15, 0.2) is 17.2 Å². The van der Waals surface area contributed by atoms with Crippen LogP contribution in [0, 0.1) is 0 Å². The SMILES string of the molecule is O=C(O)c1ccc(S(=O)(=O)Cl)[nH]1. The van der Waals surface area contributed by atoms with Gasteiger partial charge in [-0.25, -0.2) is 13.2 Å². The van der Waals surface area contributed by atoms with Crippen molar-refractivity contribution >= 4 is 25.7 Å². The smallest absolute Gasteiger partial charge is 0.352 e. The van der Waals surface area contributed by atoms with Crippen molar-refractivity contribution in [1.29, 1.82) is 0 Å². The van der Waals surface area contributed by atoms with Crippen molar-refractivity contribution in [2.24, 2.45) is 0 Å². The van der Waals surface area contributed by atoms with E-state index in [9.17, 15) is 13.2 Å². The molecular weight excluding hydrogens is 206 g/mol. The average molecular weight is 210 g/mol. The Kier molecular flexibility index (Phi) is 2.12. The molecule has 5 nitrogen and oxygen atoms in total. The highest BCUT2D eigenvalue weighted by Crippen LogP contribution is 2.13. The molecule has 1 heterocycles. The lowest BCUT2D eigenvalue weighted by molar-refractivity contribution is 0.0691. The third-order valence-corrected chi connectivity index (χ3v) is 2.41. The molecule has 0 unspecified atom stereocenters. The van der Waals surface area contributed by atoms with E-state index in [2.05, 4.69) is 4.98 Å². The number of H-pyrrole nitrogens is 1. The monoisotopic (exact) mass is 209 g/mol. The zero-order chi connectivity index (χ0) is 9.35. The lowest BCUT2D eigenvalue weighted by atomic mass is 10.4. The van der Waals surface area contributed by atoms with Crippen molar-refractivity contribution in [3.05, 3.63) is 17.8 Å². The lowest BCUT2D eigenvalue weighted by Crippen LogP contribution is -1.97. The highest BCUT2D eigenvalue weighted by molar-refractivity contribution is 8.13. The van der Waals surface area contributed by atoms with E-state index in [0.717, 1.165) is 12.1 Å². The number of hydrogen-bond acceptors (Lipinski definition) is 3. The molecule has 0 saturated carbocycles. The molecule has 0 aliphatic heterocycles. The number of carboxylic acids is 1. The van der Waals surface area contributed by atoms with Crippen molar-refractivity contribution in [2.45, 2.75) is 5.03 Å². The van der Waals surface area contributed by atoms with Crippen LogP contribution in [0.5, 0.6) is 0 Å². The summed E-state index contributed by atoms with van der Waals surface area (Å²) in [6.45, 7) is 0. The van der Waals surface area contributed by atoms with E-state index in [0.29, 0.717) is 0 Å². The van der Waals surface area contributed by atoms with Crippen LogP contribution in [0.25, 0.3) is 0 Å². The second kappa shape index (κ2) is 2.80. The van der Waals surface area contributed by atoms with Gasteiger partial charge in [0.1, 0.15) is 10.7 Å². The predicted octanol–water partition coefficient (Wildman–Crippen LogP) is 0.640. The van der Waals surface area contributed by atoms with Gasteiger partial charge in [-0.05, 0) is 12.1 Å². The summed E-state index contributed by atoms with van der Waals surface area (Å²) in [4.78, 5) is 12.4. The first-order chi connectivity index (χ1) is 5.41. The highest BCUT2D eigenvalue weighted by atomic mass is 35.7. The van der Waals surface area contributed by atoms with Gasteiger partial charge in [0, 0.05) is 10.7 Å². The maximum Gasteiger partial charge on any atom is 0.352 e. The molecule has 0 saturated heterocycles. The van der Waals surface area contributed by atoms with Crippen molar-refractivity contribution in [2.75, 3.05) is 0 Å². The van der Waals surface area contributed by atoms with Crippen LogP contribution in [0.3, 0.4) is 0 Å². The molecule has 7 heteroatoms. The lowest BCUT2D eigenvalue weighted by Gasteiger charge is -1.88. The summed E-state index contributed by atoms with van der Waals surface area (Å²) < 4.78 is 21.2. The van der Waals surface area contributed by atoms with Gasteiger partial charge < -0.3 is 10.1 Å². The molecule has 1 aromatic heterocycles. The molecule has 0 atom stereocenters. The molecule has 12 heavy (non-hydrogen) atoms. The molecular formula is C5H4ClNO4S. The first-order valence-corrected chi connectivity index (χ1v) is 5.09. The van der Waals surface area contributed by atoms with Crippen LogP contribution < -0.4 is 0 Å².